The molecule has 1 fully saturated rings. The molecule has 2 aromatic rings. The van der Waals surface area contributed by atoms with Gasteiger partial charge in [-0.25, -0.2) is 0 Å². The first kappa shape index (κ1) is 19.9. The van der Waals surface area contributed by atoms with E-state index in [0.29, 0.717) is 30.1 Å². The number of rotatable bonds is 8. The molecule has 148 valence electrons. The van der Waals surface area contributed by atoms with Gasteiger partial charge in [0, 0.05) is 5.92 Å². The van der Waals surface area contributed by atoms with E-state index >= 15 is 0 Å². The number of para-hydroxylation sites is 2. The fourth-order valence-corrected chi connectivity index (χ4v) is 3.43. The monoisotopic (exact) mass is 384 g/mol. The molecule has 2 aromatic carbocycles. The van der Waals surface area contributed by atoms with E-state index in [2.05, 4.69) is 0 Å². The molecule has 0 radical (unpaired) electrons. The number of hydrogen-bond donors (Lipinski definition) is 3. The molecule has 4 atom stereocenters. The summed E-state index contributed by atoms with van der Waals surface area (Å²) in [7, 11) is 0. The molecule has 6 heteroatoms. The van der Waals surface area contributed by atoms with Crippen molar-refractivity contribution >= 4 is 5.97 Å². The summed E-state index contributed by atoms with van der Waals surface area (Å²) in [5, 5.41) is 30.0. The van der Waals surface area contributed by atoms with Gasteiger partial charge in [0.2, 0.25) is 0 Å². The Morgan fingerprint density at radius 2 is 1.64 bits per heavy atom. The number of carboxylic acid groups (broad SMARTS) is 1. The molecule has 3 N–H and O–H groups in total. The zero-order valence-electron chi connectivity index (χ0n) is 15.3. The highest BCUT2D eigenvalue weighted by Crippen LogP contribution is 2.38. The summed E-state index contributed by atoms with van der Waals surface area (Å²) >= 11 is 0. The number of hydrogen-bond acceptors (Lipinski definition) is 5. The molecule has 6 nitrogen and oxygen atoms in total. The maximum atomic E-state index is 11.6. The second-order valence-corrected chi connectivity index (χ2v) is 6.79. The van der Waals surface area contributed by atoms with E-state index in [4.69, 9.17) is 9.47 Å². The Morgan fingerprint density at radius 3 is 2.25 bits per heavy atom. The number of benzene rings is 2. The zero-order valence-corrected chi connectivity index (χ0v) is 15.3. The number of allylic oxidation sites excluding steroid dienone is 1. The van der Waals surface area contributed by atoms with Gasteiger partial charge in [0.05, 0.1) is 12.0 Å². The Balaban J connectivity index is 1.78. The van der Waals surface area contributed by atoms with Gasteiger partial charge in [0.1, 0.15) is 30.0 Å². The van der Waals surface area contributed by atoms with Crippen molar-refractivity contribution in [1.82, 2.24) is 0 Å². The molecule has 1 aliphatic carbocycles. The lowest BCUT2D eigenvalue weighted by Gasteiger charge is -2.22. The molecule has 4 unspecified atom stereocenters. The summed E-state index contributed by atoms with van der Waals surface area (Å²) in [6.07, 6.45) is 0.375. The maximum absolute atomic E-state index is 11.6. The van der Waals surface area contributed by atoms with Gasteiger partial charge in [0.25, 0.3) is 0 Å². The highest BCUT2D eigenvalue weighted by atomic mass is 16.5. The van der Waals surface area contributed by atoms with Gasteiger partial charge in [-0.2, -0.15) is 0 Å². The summed E-state index contributed by atoms with van der Waals surface area (Å²) in [6.45, 7) is -0.00131. The molecule has 0 heterocycles. The predicted molar refractivity (Wildman–Crippen MR) is 103 cm³/mol. The van der Waals surface area contributed by atoms with Crippen LogP contribution in [0.2, 0.25) is 0 Å². The van der Waals surface area contributed by atoms with Crippen LogP contribution in [0, 0.1) is 11.8 Å². The largest absolute Gasteiger partial charge is 0.491 e. The third-order valence-corrected chi connectivity index (χ3v) is 4.77. The summed E-state index contributed by atoms with van der Waals surface area (Å²) in [5.74, 6) is -1.08. The molecule has 0 aromatic heterocycles. The smallest absolute Gasteiger partial charge is 0.309 e. The lowest BCUT2D eigenvalue weighted by molar-refractivity contribution is -0.146. The van der Waals surface area contributed by atoms with Crippen molar-refractivity contribution in [2.75, 3.05) is 6.61 Å². The first-order valence-electron chi connectivity index (χ1n) is 9.26. The van der Waals surface area contributed by atoms with E-state index in [1.807, 2.05) is 24.3 Å². The van der Waals surface area contributed by atoms with E-state index in [9.17, 15) is 20.1 Å². The highest BCUT2D eigenvalue weighted by molar-refractivity contribution is 5.72. The molecule has 0 spiro atoms. The van der Waals surface area contributed by atoms with E-state index in [1.54, 1.807) is 36.4 Å². The van der Waals surface area contributed by atoms with Crippen LogP contribution in [0.15, 0.2) is 72.5 Å². The number of ether oxygens (including phenoxy) is 2. The second-order valence-electron chi connectivity index (χ2n) is 6.79. The number of aliphatic hydroxyl groups is 2. The first-order chi connectivity index (χ1) is 13.5. The van der Waals surface area contributed by atoms with E-state index in [-0.39, 0.29) is 6.61 Å². The van der Waals surface area contributed by atoms with E-state index in [1.165, 1.54) is 6.08 Å². The summed E-state index contributed by atoms with van der Waals surface area (Å²) < 4.78 is 11.5. The molecule has 28 heavy (non-hydrogen) atoms. The molecule has 0 saturated heterocycles. The van der Waals surface area contributed by atoms with Gasteiger partial charge in [-0.1, -0.05) is 36.4 Å². The standard InChI is InChI=1S/C22H24O6/c23-15(14-27-16-7-3-1-4-8-16)13-20(28-17-9-5-2-6-10-17)18-11-12-19(24)21(18)22(25)26/h1-10,13,15,18-19,21,23-24H,11-12,14H2,(H,25,26). The predicted octanol–water partition coefficient (Wildman–Crippen LogP) is 2.86. The lowest BCUT2D eigenvalue weighted by Crippen LogP contribution is -2.30. The third kappa shape index (κ3) is 5.12. The summed E-state index contributed by atoms with van der Waals surface area (Å²) in [4.78, 5) is 11.6. The first-order valence-corrected chi connectivity index (χ1v) is 9.26. The Hall–Kier alpha value is -2.83. The zero-order chi connectivity index (χ0) is 19.9. The SMILES string of the molecule is O=C(O)C1C(O)CCC1C(=CC(O)COc1ccccc1)Oc1ccccc1. The quantitative estimate of drug-likeness (QED) is 0.606. The van der Waals surface area contributed by atoms with Crippen molar-refractivity contribution in [3.05, 3.63) is 72.5 Å². The fourth-order valence-electron chi connectivity index (χ4n) is 3.43. The minimum absolute atomic E-state index is 0.00131. The van der Waals surface area contributed by atoms with Gasteiger partial charge in [0.15, 0.2) is 0 Å². The van der Waals surface area contributed by atoms with Crippen LogP contribution in [-0.2, 0) is 4.79 Å². The maximum Gasteiger partial charge on any atom is 0.309 e. The lowest BCUT2D eigenvalue weighted by atomic mass is 9.92. The topological polar surface area (TPSA) is 96.2 Å². The average Bonchev–Trinajstić information content (AvgIpc) is 3.09. The molecular formula is C22H24O6. The molecular weight excluding hydrogens is 360 g/mol. The van der Waals surface area contributed by atoms with Crippen LogP contribution in [0.1, 0.15) is 12.8 Å². The highest BCUT2D eigenvalue weighted by Gasteiger charge is 2.43. The minimum atomic E-state index is -1.08. The van der Waals surface area contributed by atoms with Crippen LogP contribution in [0.4, 0.5) is 0 Å². The molecule has 1 saturated carbocycles. The van der Waals surface area contributed by atoms with Crippen molar-refractivity contribution in [3.63, 3.8) is 0 Å². The number of carboxylic acids is 1. The van der Waals surface area contributed by atoms with E-state index in [0.717, 1.165) is 0 Å². The van der Waals surface area contributed by atoms with Gasteiger partial charge in [-0.3, -0.25) is 4.79 Å². The van der Waals surface area contributed by atoms with Crippen molar-refractivity contribution < 1.29 is 29.6 Å². The molecule has 0 bridgehead atoms. The summed E-state index contributed by atoms with van der Waals surface area (Å²) in [6, 6.07) is 18.1. The van der Waals surface area contributed by atoms with Gasteiger partial charge >= 0.3 is 5.97 Å². The summed E-state index contributed by atoms with van der Waals surface area (Å²) in [5.41, 5.74) is 0. The van der Waals surface area contributed by atoms with Crippen LogP contribution in [-0.4, -0.2) is 40.1 Å². The molecule has 1 aliphatic rings. The Kier molecular flexibility index (Phi) is 6.68. The van der Waals surface area contributed by atoms with Crippen LogP contribution in [0.5, 0.6) is 11.5 Å². The van der Waals surface area contributed by atoms with Gasteiger partial charge < -0.3 is 24.8 Å². The Bertz CT molecular complexity index is 789. The normalized spacial score (nSPS) is 23.2. The third-order valence-electron chi connectivity index (χ3n) is 4.77. The number of carbonyl (C=O) groups is 1. The van der Waals surface area contributed by atoms with Crippen LogP contribution in [0.25, 0.3) is 0 Å². The van der Waals surface area contributed by atoms with E-state index < -0.39 is 30.0 Å². The van der Waals surface area contributed by atoms with Crippen LogP contribution in [0.3, 0.4) is 0 Å². The van der Waals surface area contributed by atoms with Crippen molar-refractivity contribution in [2.45, 2.75) is 25.0 Å². The average molecular weight is 384 g/mol. The van der Waals surface area contributed by atoms with Crippen LogP contribution >= 0.6 is 0 Å². The Morgan fingerprint density at radius 1 is 1.04 bits per heavy atom. The minimum Gasteiger partial charge on any atom is -0.491 e. The second kappa shape index (κ2) is 9.39. The van der Waals surface area contributed by atoms with Gasteiger partial charge in [-0.05, 0) is 43.2 Å². The van der Waals surface area contributed by atoms with Crippen molar-refractivity contribution in [3.8, 4) is 11.5 Å². The Labute approximate surface area is 163 Å². The molecule has 0 aliphatic heterocycles. The molecule has 3 rings (SSSR count). The molecule has 0 amide bonds. The van der Waals surface area contributed by atoms with Crippen LogP contribution < -0.4 is 9.47 Å². The van der Waals surface area contributed by atoms with Gasteiger partial charge in [-0.15, -0.1) is 0 Å². The fraction of sp³-hybridized carbons (Fsp3) is 0.318. The number of aliphatic carboxylic acids is 1. The number of aliphatic hydroxyl groups excluding tert-OH is 2. The van der Waals surface area contributed by atoms with Crippen molar-refractivity contribution in [1.29, 1.82) is 0 Å². The van der Waals surface area contributed by atoms with Crippen molar-refractivity contribution in [2.24, 2.45) is 11.8 Å².